The fourth-order valence-electron chi connectivity index (χ4n) is 5.54. The number of halogens is 3. The molecule has 2 fully saturated rings. The van der Waals surface area contributed by atoms with E-state index in [1.807, 2.05) is 9.47 Å². The highest BCUT2D eigenvalue weighted by Gasteiger charge is 2.48. The van der Waals surface area contributed by atoms with Crippen molar-refractivity contribution in [2.24, 2.45) is 0 Å². The summed E-state index contributed by atoms with van der Waals surface area (Å²) < 4.78 is 41.8. The van der Waals surface area contributed by atoms with Crippen molar-refractivity contribution in [3.8, 4) is 0 Å². The molecule has 4 aliphatic heterocycles. The van der Waals surface area contributed by atoms with Gasteiger partial charge in [-0.2, -0.15) is 17.8 Å². The van der Waals surface area contributed by atoms with Gasteiger partial charge in [0.15, 0.2) is 5.70 Å². The number of carbonyl (C=O) groups excluding carboxylic acids is 1. The summed E-state index contributed by atoms with van der Waals surface area (Å²) in [5.74, 6) is 1.90. The topological polar surface area (TPSA) is 41.4 Å². The number of thioether (sulfide) groups is 1. The van der Waals surface area contributed by atoms with Crippen LogP contribution in [0.1, 0.15) is 24.4 Å². The summed E-state index contributed by atoms with van der Waals surface area (Å²) >= 11 is 1.79. The number of allylic oxidation sites excluding steroid dienone is 3. The third-order valence-electron chi connectivity index (χ3n) is 7.34. The number of piperidine rings is 1. The lowest BCUT2D eigenvalue weighted by molar-refractivity contribution is -0.949. The van der Waals surface area contributed by atoms with E-state index >= 15 is 0 Å². The number of quaternary nitrogens is 1. The highest BCUT2D eigenvalue weighted by atomic mass is 32.2. The van der Waals surface area contributed by atoms with E-state index in [1.165, 1.54) is 6.07 Å². The van der Waals surface area contributed by atoms with Gasteiger partial charge in [0.25, 0.3) is 5.91 Å². The summed E-state index contributed by atoms with van der Waals surface area (Å²) in [6, 6.07) is 3.96. The van der Waals surface area contributed by atoms with Gasteiger partial charge in [0.2, 0.25) is 0 Å². The largest absolute Gasteiger partial charge is 0.416 e. The van der Waals surface area contributed by atoms with Crippen LogP contribution in [-0.2, 0) is 11.0 Å². The number of benzene rings is 1. The molecule has 0 N–H and O–H groups in total. The second-order valence-corrected chi connectivity index (χ2v) is 10.3. The molecule has 5 heterocycles. The van der Waals surface area contributed by atoms with Gasteiger partial charge in [0.1, 0.15) is 12.7 Å². The first-order valence-corrected chi connectivity index (χ1v) is 12.7. The fraction of sp³-hybridized carbons (Fsp3) is 0.417. The van der Waals surface area contributed by atoms with Crippen LogP contribution in [-0.4, -0.2) is 67.8 Å². The molecule has 34 heavy (non-hydrogen) atoms. The number of aromatic nitrogens is 2. The second-order valence-electron chi connectivity index (χ2n) is 9.23. The summed E-state index contributed by atoms with van der Waals surface area (Å²) in [5, 5.41) is 2.40. The van der Waals surface area contributed by atoms with Crippen molar-refractivity contribution in [2.45, 2.75) is 25.1 Å². The Labute approximate surface area is 199 Å². The summed E-state index contributed by atoms with van der Waals surface area (Å²) in [6.45, 7) is 3.09. The van der Waals surface area contributed by atoms with Crippen LogP contribution in [0.15, 0.2) is 60.2 Å². The van der Waals surface area contributed by atoms with E-state index in [0.717, 1.165) is 73.0 Å². The van der Waals surface area contributed by atoms with Crippen molar-refractivity contribution in [3.05, 3.63) is 65.8 Å². The first kappa shape index (κ1) is 21.9. The van der Waals surface area contributed by atoms with E-state index in [1.54, 1.807) is 18.1 Å². The Bertz CT molecular complexity index is 1230. The highest BCUT2D eigenvalue weighted by molar-refractivity contribution is 7.99. The normalized spacial score (nSPS) is 25.8. The Morgan fingerprint density at radius 2 is 2.00 bits per heavy atom. The lowest BCUT2D eigenvalue weighted by Crippen LogP contribution is -2.56. The van der Waals surface area contributed by atoms with Gasteiger partial charge in [-0.05, 0) is 37.1 Å². The first-order chi connectivity index (χ1) is 16.3. The highest BCUT2D eigenvalue weighted by Crippen LogP contribution is 2.40. The van der Waals surface area contributed by atoms with E-state index in [2.05, 4.69) is 34.4 Å². The van der Waals surface area contributed by atoms with Crippen LogP contribution >= 0.6 is 11.8 Å². The molecule has 1 amide bonds. The number of alkyl halides is 3. The molecule has 0 aliphatic carbocycles. The van der Waals surface area contributed by atoms with E-state index < -0.39 is 11.7 Å². The molecule has 0 saturated carbocycles. The van der Waals surface area contributed by atoms with Crippen LogP contribution in [0.3, 0.4) is 0 Å². The maximum absolute atomic E-state index is 13.1. The SMILES string of the molecule is O=C(C1=CC2=CC=C[N@@+]2(N2CCC(n3cnc4cc(C(F)(F)F)ccc43)CC2)C1)N1CCSC1. The Morgan fingerprint density at radius 1 is 1.18 bits per heavy atom. The Morgan fingerprint density at radius 3 is 2.74 bits per heavy atom. The predicted octanol–water partition coefficient (Wildman–Crippen LogP) is 4.31. The van der Waals surface area contributed by atoms with Gasteiger partial charge in [-0.3, -0.25) is 4.79 Å². The number of imidazole rings is 1. The van der Waals surface area contributed by atoms with Crippen molar-refractivity contribution < 1.29 is 22.6 Å². The van der Waals surface area contributed by atoms with Gasteiger partial charge in [0.05, 0.1) is 47.5 Å². The van der Waals surface area contributed by atoms with Gasteiger partial charge in [-0.15, -0.1) is 16.8 Å². The van der Waals surface area contributed by atoms with Crippen LogP contribution < -0.4 is 0 Å². The fourth-order valence-corrected chi connectivity index (χ4v) is 6.48. The minimum atomic E-state index is -4.37. The third kappa shape index (κ3) is 3.50. The molecule has 10 heteroatoms. The van der Waals surface area contributed by atoms with E-state index in [9.17, 15) is 18.0 Å². The number of nitrogens with zero attached hydrogens (tertiary/aromatic N) is 5. The number of rotatable bonds is 3. The standard InChI is InChI=1S/C24H25F3N5OS/c25-24(26,27)18-3-4-22-21(13-18)28-15-31(22)19-5-7-30(8-6-19)32-10-1-2-20(32)12-17(14-32)23(33)29-9-11-34-16-29/h1-4,10,12-13,15,19H,5-9,11,14,16H2/q+1/t32-/m1/s1. The Balaban J connectivity index is 1.17. The lowest BCUT2D eigenvalue weighted by Gasteiger charge is -2.43. The smallest absolute Gasteiger partial charge is 0.329 e. The van der Waals surface area contributed by atoms with Crippen molar-refractivity contribution in [1.82, 2.24) is 19.5 Å². The molecule has 0 radical (unpaired) electrons. The molecular weight excluding hydrogens is 463 g/mol. The lowest BCUT2D eigenvalue weighted by atomic mass is 10.1. The average molecular weight is 489 g/mol. The maximum Gasteiger partial charge on any atom is 0.416 e. The van der Waals surface area contributed by atoms with Crippen LogP contribution in [0.5, 0.6) is 0 Å². The van der Waals surface area contributed by atoms with Crippen LogP contribution in [0.25, 0.3) is 11.0 Å². The zero-order valence-corrected chi connectivity index (χ0v) is 19.4. The minimum Gasteiger partial charge on any atom is -0.329 e. The molecule has 1 aromatic heterocycles. The monoisotopic (exact) mass is 488 g/mol. The summed E-state index contributed by atoms with van der Waals surface area (Å²) in [7, 11) is 0. The van der Waals surface area contributed by atoms with E-state index in [4.69, 9.17) is 0 Å². The van der Waals surface area contributed by atoms with Crippen molar-refractivity contribution >= 4 is 28.7 Å². The zero-order valence-electron chi connectivity index (χ0n) is 18.5. The summed E-state index contributed by atoms with van der Waals surface area (Å²) in [6.07, 6.45) is 7.39. The molecule has 0 bridgehead atoms. The number of hydrogen-bond acceptors (Lipinski definition) is 4. The Hall–Kier alpha value is -2.56. The summed E-state index contributed by atoms with van der Waals surface area (Å²) in [5.41, 5.74) is 2.43. The van der Waals surface area contributed by atoms with Gasteiger partial charge >= 0.3 is 6.18 Å². The van der Waals surface area contributed by atoms with Gasteiger partial charge in [0, 0.05) is 30.5 Å². The molecule has 6 rings (SSSR count). The molecule has 1 atom stereocenters. The molecule has 6 nitrogen and oxygen atoms in total. The molecule has 1 aromatic carbocycles. The molecule has 0 unspecified atom stereocenters. The van der Waals surface area contributed by atoms with Crippen molar-refractivity contribution in [1.29, 1.82) is 0 Å². The van der Waals surface area contributed by atoms with E-state index in [0.29, 0.717) is 16.7 Å². The number of fused-ring (bicyclic) bond motifs is 2. The van der Waals surface area contributed by atoms with Crippen LogP contribution in [0.4, 0.5) is 13.2 Å². The molecular formula is C24H25F3N5OS+. The summed E-state index contributed by atoms with van der Waals surface area (Å²) in [4.78, 5) is 19.2. The average Bonchev–Trinajstić information content (AvgIpc) is 3.61. The van der Waals surface area contributed by atoms with Crippen LogP contribution in [0, 0.1) is 0 Å². The molecule has 2 aromatic rings. The third-order valence-corrected chi connectivity index (χ3v) is 8.30. The predicted molar refractivity (Wildman–Crippen MR) is 124 cm³/mol. The molecule has 2 saturated heterocycles. The molecule has 178 valence electrons. The Kier molecular flexibility index (Phi) is 5.16. The van der Waals surface area contributed by atoms with Crippen molar-refractivity contribution in [3.63, 3.8) is 0 Å². The van der Waals surface area contributed by atoms with E-state index in [-0.39, 0.29) is 11.9 Å². The molecule has 4 aliphatic rings. The van der Waals surface area contributed by atoms with Crippen molar-refractivity contribution in [2.75, 3.05) is 37.8 Å². The first-order valence-electron chi connectivity index (χ1n) is 11.5. The minimum absolute atomic E-state index is 0.143. The second kappa shape index (κ2) is 8.00. The number of carbonyl (C=O) groups is 1. The molecule has 0 spiro atoms. The zero-order chi connectivity index (χ0) is 23.5. The van der Waals surface area contributed by atoms with Gasteiger partial charge in [-0.1, -0.05) is 0 Å². The number of hydrogen-bond donors (Lipinski definition) is 0. The van der Waals surface area contributed by atoms with Gasteiger partial charge < -0.3 is 9.47 Å². The van der Waals surface area contributed by atoms with Crippen LogP contribution in [0.2, 0.25) is 0 Å². The quantitative estimate of drug-likeness (QED) is 0.604. The number of amides is 1. The maximum atomic E-state index is 13.1. The van der Waals surface area contributed by atoms with Gasteiger partial charge in [-0.25, -0.2) is 4.98 Å².